The SMILES string of the molecule is CCCCC1(CCCC)CC2CCN1C(C)C2=O. The molecular formula is C16H29NO. The third-order valence-corrected chi connectivity index (χ3v) is 5.23. The van der Waals surface area contributed by atoms with E-state index in [2.05, 4.69) is 25.7 Å². The molecule has 0 aromatic heterocycles. The lowest BCUT2D eigenvalue weighted by atomic mass is 9.67. The van der Waals surface area contributed by atoms with Crippen LogP contribution in [0.15, 0.2) is 0 Å². The molecule has 3 heterocycles. The monoisotopic (exact) mass is 251 g/mol. The second-order valence-electron chi connectivity index (χ2n) is 6.39. The molecule has 0 aliphatic carbocycles. The largest absolute Gasteiger partial charge is 0.298 e. The van der Waals surface area contributed by atoms with Gasteiger partial charge in [0.05, 0.1) is 6.04 Å². The molecule has 0 spiro atoms. The summed E-state index contributed by atoms with van der Waals surface area (Å²) >= 11 is 0. The lowest BCUT2D eigenvalue weighted by molar-refractivity contribution is -0.149. The molecule has 2 nitrogen and oxygen atoms in total. The minimum absolute atomic E-state index is 0.186. The summed E-state index contributed by atoms with van der Waals surface area (Å²) in [5, 5.41) is 0. The average molecular weight is 251 g/mol. The highest BCUT2D eigenvalue weighted by atomic mass is 16.1. The van der Waals surface area contributed by atoms with Crippen LogP contribution in [-0.2, 0) is 4.79 Å². The number of ketones is 1. The van der Waals surface area contributed by atoms with Crippen LogP contribution in [0.3, 0.4) is 0 Å². The van der Waals surface area contributed by atoms with E-state index in [4.69, 9.17) is 0 Å². The molecule has 2 bridgehead atoms. The van der Waals surface area contributed by atoms with Gasteiger partial charge in [0.25, 0.3) is 0 Å². The number of Topliss-reactive ketones (excluding diaryl/α,β-unsaturated/α-hetero) is 1. The van der Waals surface area contributed by atoms with Gasteiger partial charge in [-0.3, -0.25) is 9.69 Å². The van der Waals surface area contributed by atoms with Gasteiger partial charge in [0.1, 0.15) is 0 Å². The van der Waals surface area contributed by atoms with Gasteiger partial charge in [0.2, 0.25) is 0 Å². The molecule has 18 heavy (non-hydrogen) atoms. The van der Waals surface area contributed by atoms with E-state index < -0.39 is 0 Å². The molecule has 104 valence electrons. The first-order chi connectivity index (χ1) is 8.64. The minimum Gasteiger partial charge on any atom is -0.298 e. The van der Waals surface area contributed by atoms with E-state index in [1.165, 1.54) is 38.5 Å². The normalized spacial score (nSPS) is 33.9. The van der Waals surface area contributed by atoms with E-state index in [1.807, 2.05) is 0 Å². The summed E-state index contributed by atoms with van der Waals surface area (Å²) in [6, 6.07) is 0.186. The molecular weight excluding hydrogens is 222 g/mol. The number of fused-ring (bicyclic) bond motifs is 3. The molecule has 2 heteroatoms. The van der Waals surface area contributed by atoms with Gasteiger partial charge in [-0.15, -0.1) is 0 Å². The minimum atomic E-state index is 0.186. The van der Waals surface area contributed by atoms with Crippen LogP contribution in [-0.4, -0.2) is 28.8 Å². The smallest absolute Gasteiger partial charge is 0.152 e. The van der Waals surface area contributed by atoms with Gasteiger partial charge < -0.3 is 0 Å². The Morgan fingerprint density at radius 2 is 1.83 bits per heavy atom. The van der Waals surface area contributed by atoms with Crippen LogP contribution < -0.4 is 0 Å². The Morgan fingerprint density at radius 1 is 1.22 bits per heavy atom. The number of rotatable bonds is 6. The fraction of sp³-hybridized carbons (Fsp3) is 0.938. The zero-order valence-corrected chi connectivity index (χ0v) is 12.4. The van der Waals surface area contributed by atoms with Gasteiger partial charge >= 0.3 is 0 Å². The number of carbonyl (C=O) groups is 1. The molecule has 3 rings (SSSR count). The fourth-order valence-corrected chi connectivity index (χ4v) is 4.18. The number of piperidine rings is 3. The van der Waals surface area contributed by atoms with Gasteiger partial charge in [-0.25, -0.2) is 0 Å². The van der Waals surface area contributed by atoms with Crippen LogP contribution in [0.4, 0.5) is 0 Å². The first kappa shape index (κ1) is 14.0. The Kier molecular flexibility index (Phi) is 4.47. The van der Waals surface area contributed by atoms with Gasteiger partial charge in [-0.05, 0) is 32.6 Å². The zero-order valence-electron chi connectivity index (χ0n) is 12.4. The lowest BCUT2D eigenvalue weighted by Gasteiger charge is -2.57. The first-order valence-electron chi connectivity index (χ1n) is 7.95. The lowest BCUT2D eigenvalue weighted by Crippen LogP contribution is -2.66. The Hall–Kier alpha value is -0.370. The second kappa shape index (κ2) is 5.73. The summed E-state index contributed by atoms with van der Waals surface area (Å²) in [4.78, 5) is 14.8. The molecule has 0 amide bonds. The molecule has 0 saturated carbocycles. The summed E-state index contributed by atoms with van der Waals surface area (Å²) in [6.07, 6.45) is 10.0. The third-order valence-electron chi connectivity index (χ3n) is 5.23. The van der Waals surface area contributed by atoms with Gasteiger partial charge in [0.15, 0.2) is 5.78 Å². The number of unbranched alkanes of at least 4 members (excludes halogenated alkanes) is 2. The van der Waals surface area contributed by atoms with Crippen molar-refractivity contribution in [3.63, 3.8) is 0 Å². The van der Waals surface area contributed by atoms with E-state index in [-0.39, 0.29) is 6.04 Å². The van der Waals surface area contributed by atoms with E-state index in [1.54, 1.807) is 0 Å². The van der Waals surface area contributed by atoms with Crippen LogP contribution in [0.1, 0.15) is 72.1 Å². The highest BCUT2D eigenvalue weighted by Gasteiger charge is 2.51. The zero-order chi connectivity index (χ0) is 13.2. The molecule has 3 saturated heterocycles. The number of hydrogen-bond acceptors (Lipinski definition) is 2. The summed E-state index contributed by atoms with van der Waals surface area (Å²) < 4.78 is 0. The first-order valence-corrected chi connectivity index (χ1v) is 7.95. The van der Waals surface area contributed by atoms with Crippen molar-refractivity contribution in [2.75, 3.05) is 6.54 Å². The molecule has 3 aliphatic rings. The molecule has 3 unspecified atom stereocenters. The Bertz CT molecular complexity index is 287. The van der Waals surface area contributed by atoms with Crippen molar-refractivity contribution >= 4 is 5.78 Å². The van der Waals surface area contributed by atoms with E-state index >= 15 is 0 Å². The van der Waals surface area contributed by atoms with Gasteiger partial charge in [-0.1, -0.05) is 39.5 Å². The standard InChI is InChI=1S/C16H29NO/c1-4-6-9-16(10-7-5-2)12-14-8-11-17(16)13(3)15(14)18/h13-14H,4-12H2,1-3H3. The second-order valence-corrected chi connectivity index (χ2v) is 6.39. The highest BCUT2D eigenvalue weighted by Crippen LogP contribution is 2.45. The van der Waals surface area contributed by atoms with Gasteiger partial charge in [0, 0.05) is 18.0 Å². The molecule has 3 fully saturated rings. The number of nitrogens with zero attached hydrogens (tertiary/aromatic N) is 1. The van der Waals surface area contributed by atoms with Crippen molar-refractivity contribution in [1.82, 2.24) is 4.90 Å². The van der Waals surface area contributed by atoms with Crippen molar-refractivity contribution in [2.45, 2.75) is 83.7 Å². The highest BCUT2D eigenvalue weighted by molar-refractivity contribution is 5.87. The van der Waals surface area contributed by atoms with Crippen LogP contribution in [0, 0.1) is 5.92 Å². The van der Waals surface area contributed by atoms with Crippen LogP contribution in [0.25, 0.3) is 0 Å². The number of hydrogen-bond donors (Lipinski definition) is 0. The predicted molar refractivity (Wildman–Crippen MR) is 75.7 cm³/mol. The Morgan fingerprint density at radius 3 is 2.33 bits per heavy atom. The summed E-state index contributed by atoms with van der Waals surface area (Å²) in [7, 11) is 0. The summed E-state index contributed by atoms with van der Waals surface area (Å²) in [5.41, 5.74) is 0.363. The van der Waals surface area contributed by atoms with E-state index in [0.29, 0.717) is 17.2 Å². The Balaban J connectivity index is 2.16. The van der Waals surface area contributed by atoms with Crippen molar-refractivity contribution in [3.8, 4) is 0 Å². The average Bonchev–Trinajstić information content (AvgIpc) is 2.40. The Labute approximate surface area is 112 Å². The van der Waals surface area contributed by atoms with Crippen LogP contribution in [0.2, 0.25) is 0 Å². The van der Waals surface area contributed by atoms with Crippen molar-refractivity contribution in [3.05, 3.63) is 0 Å². The van der Waals surface area contributed by atoms with Crippen molar-refractivity contribution < 1.29 is 4.79 Å². The van der Waals surface area contributed by atoms with Crippen molar-refractivity contribution in [2.24, 2.45) is 5.92 Å². The molecule has 3 aliphatic heterocycles. The van der Waals surface area contributed by atoms with Crippen molar-refractivity contribution in [1.29, 1.82) is 0 Å². The molecule has 0 aromatic carbocycles. The topological polar surface area (TPSA) is 20.3 Å². The molecule has 0 radical (unpaired) electrons. The predicted octanol–water partition coefficient (Wildman–Crippen LogP) is 3.79. The summed E-state index contributed by atoms with van der Waals surface area (Å²) in [6.45, 7) is 7.85. The van der Waals surface area contributed by atoms with Gasteiger partial charge in [-0.2, -0.15) is 0 Å². The maximum absolute atomic E-state index is 12.2. The van der Waals surface area contributed by atoms with Crippen LogP contribution >= 0.6 is 0 Å². The van der Waals surface area contributed by atoms with Crippen LogP contribution in [0.5, 0.6) is 0 Å². The quantitative estimate of drug-likeness (QED) is 0.716. The fourth-order valence-electron chi connectivity index (χ4n) is 4.18. The number of carbonyl (C=O) groups excluding carboxylic acids is 1. The maximum Gasteiger partial charge on any atom is 0.152 e. The van der Waals surface area contributed by atoms with E-state index in [9.17, 15) is 4.79 Å². The maximum atomic E-state index is 12.2. The molecule has 0 N–H and O–H groups in total. The molecule has 0 aromatic rings. The molecule has 3 atom stereocenters. The summed E-state index contributed by atoms with van der Waals surface area (Å²) in [5.74, 6) is 0.892. The third kappa shape index (κ3) is 2.36. The van der Waals surface area contributed by atoms with E-state index in [0.717, 1.165) is 19.4 Å².